The van der Waals surface area contributed by atoms with E-state index in [9.17, 15) is 18.0 Å². The molecular formula is C16H14F3NO3. The summed E-state index contributed by atoms with van der Waals surface area (Å²) in [5.74, 6) is -0.540. The van der Waals surface area contributed by atoms with Crippen molar-refractivity contribution in [2.75, 3.05) is 7.11 Å². The number of halogens is 3. The zero-order chi connectivity index (χ0) is 16.9. The minimum Gasteiger partial charge on any atom is -0.473 e. The molecule has 4 nitrogen and oxygen atoms in total. The Hall–Kier alpha value is -2.57. The van der Waals surface area contributed by atoms with Gasteiger partial charge in [0.2, 0.25) is 5.88 Å². The van der Waals surface area contributed by atoms with E-state index in [0.717, 1.165) is 6.07 Å². The molecule has 1 heterocycles. The Kier molecular flexibility index (Phi) is 5.20. The van der Waals surface area contributed by atoms with Gasteiger partial charge in [0.1, 0.15) is 12.3 Å². The van der Waals surface area contributed by atoms with Gasteiger partial charge in [0, 0.05) is 6.07 Å². The highest BCUT2D eigenvalue weighted by Crippen LogP contribution is 2.28. The molecule has 0 unspecified atom stereocenters. The molecule has 2 rings (SSSR count). The van der Waals surface area contributed by atoms with Crippen LogP contribution in [-0.2, 0) is 28.7 Å². The SMILES string of the molecule is COC(=O)Cc1ccccc1COc1cccc(C(F)(F)F)n1. The van der Waals surface area contributed by atoms with Crippen LogP contribution in [0.2, 0.25) is 0 Å². The van der Waals surface area contributed by atoms with Crippen molar-refractivity contribution in [3.05, 3.63) is 59.3 Å². The molecule has 0 amide bonds. The van der Waals surface area contributed by atoms with E-state index >= 15 is 0 Å². The van der Waals surface area contributed by atoms with E-state index in [1.165, 1.54) is 19.2 Å². The number of esters is 1. The minimum absolute atomic E-state index is 0.00147. The highest BCUT2D eigenvalue weighted by atomic mass is 19.4. The molecular weight excluding hydrogens is 311 g/mol. The summed E-state index contributed by atoms with van der Waals surface area (Å²) in [6, 6.07) is 10.4. The molecule has 1 aromatic heterocycles. The Morgan fingerprint density at radius 3 is 2.43 bits per heavy atom. The topological polar surface area (TPSA) is 48.4 Å². The third-order valence-corrected chi connectivity index (χ3v) is 3.07. The second-order valence-electron chi connectivity index (χ2n) is 4.67. The average molecular weight is 325 g/mol. The van der Waals surface area contributed by atoms with Crippen LogP contribution in [0.3, 0.4) is 0 Å². The predicted octanol–water partition coefficient (Wildman–Crippen LogP) is 3.39. The summed E-state index contributed by atoms with van der Waals surface area (Å²) >= 11 is 0. The van der Waals surface area contributed by atoms with Gasteiger partial charge < -0.3 is 9.47 Å². The van der Waals surface area contributed by atoms with Gasteiger partial charge in [-0.15, -0.1) is 0 Å². The predicted molar refractivity (Wildman–Crippen MR) is 75.7 cm³/mol. The second-order valence-corrected chi connectivity index (χ2v) is 4.67. The molecule has 122 valence electrons. The van der Waals surface area contributed by atoms with Gasteiger partial charge in [-0.05, 0) is 17.2 Å². The standard InChI is InChI=1S/C16H14F3NO3/c1-22-15(21)9-11-5-2-3-6-12(11)10-23-14-8-4-7-13(20-14)16(17,18)19/h2-8H,9-10H2,1H3. The molecule has 0 fully saturated rings. The monoisotopic (exact) mass is 325 g/mol. The van der Waals surface area contributed by atoms with Crippen molar-refractivity contribution < 1.29 is 27.4 Å². The maximum absolute atomic E-state index is 12.6. The number of ether oxygens (including phenoxy) is 2. The maximum atomic E-state index is 12.6. The zero-order valence-electron chi connectivity index (χ0n) is 12.3. The summed E-state index contributed by atoms with van der Waals surface area (Å²) < 4.78 is 47.8. The number of benzene rings is 1. The Morgan fingerprint density at radius 1 is 1.09 bits per heavy atom. The summed E-state index contributed by atoms with van der Waals surface area (Å²) in [4.78, 5) is 14.8. The summed E-state index contributed by atoms with van der Waals surface area (Å²) in [6.45, 7) is 0.00147. The van der Waals surface area contributed by atoms with Gasteiger partial charge >= 0.3 is 12.1 Å². The summed E-state index contributed by atoms with van der Waals surface area (Å²) in [5.41, 5.74) is 0.348. The Morgan fingerprint density at radius 2 is 1.78 bits per heavy atom. The molecule has 0 bridgehead atoms. The third kappa shape index (κ3) is 4.70. The lowest BCUT2D eigenvalue weighted by Gasteiger charge is -2.11. The van der Waals surface area contributed by atoms with Crippen LogP contribution in [0.15, 0.2) is 42.5 Å². The number of rotatable bonds is 5. The first kappa shape index (κ1) is 16.8. The Balaban J connectivity index is 2.11. The van der Waals surface area contributed by atoms with E-state index in [-0.39, 0.29) is 18.9 Å². The van der Waals surface area contributed by atoms with Crippen LogP contribution in [0.25, 0.3) is 0 Å². The molecule has 1 aromatic carbocycles. The first-order valence-corrected chi connectivity index (χ1v) is 6.71. The average Bonchev–Trinajstić information content (AvgIpc) is 2.53. The smallest absolute Gasteiger partial charge is 0.433 e. The van der Waals surface area contributed by atoms with Crippen molar-refractivity contribution in [3.63, 3.8) is 0 Å². The normalized spacial score (nSPS) is 11.1. The molecule has 0 spiro atoms. The van der Waals surface area contributed by atoms with Gasteiger partial charge in [-0.3, -0.25) is 4.79 Å². The van der Waals surface area contributed by atoms with Crippen LogP contribution in [0, 0.1) is 0 Å². The van der Waals surface area contributed by atoms with E-state index in [1.807, 2.05) is 0 Å². The molecule has 0 atom stereocenters. The Bertz CT molecular complexity index is 686. The quantitative estimate of drug-likeness (QED) is 0.791. The molecule has 0 aliphatic carbocycles. The Labute approximate surface area is 130 Å². The van der Waals surface area contributed by atoms with Crippen LogP contribution in [0.4, 0.5) is 13.2 Å². The summed E-state index contributed by atoms with van der Waals surface area (Å²) in [7, 11) is 1.29. The molecule has 0 N–H and O–H groups in total. The molecule has 2 aromatic rings. The van der Waals surface area contributed by atoms with Crippen LogP contribution in [-0.4, -0.2) is 18.1 Å². The van der Waals surface area contributed by atoms with Crippen LogP contribution in [0.5, 0.6) is 5.88 Å². The highest BCUT2D eigenvalue weighted by Gasteiger charge is 2.32. The summed E-state index contributed by atoms with van der Waals surface area (Å²) in [6.07, 6.45) is -4.46. The fourth-order valence-corrected chi connectivity index (χ4v) is 1.90. The first-order chi connectivity index (χ1) is 10.9. The second kappa shape index (κ2) is 7.13. The number of methoxy groups -OCH3 is 1. The number of carbonyl (C=O) groups excluding carboxylic acids is 1. The number of alkyl halides is 3. The number of carbonyl (C=O) groups is 1. The lowest BCUT2D eigenvalue weighted by Crippen LogP contribution is -2.10. The van der Waals surface area contributed by atoms with Crippen molar-refractivity contribution in [1.29, 1.82) is 0 Å². The van der Waals surface area contributed by atoms with E-state index in [4.69, 9.17) is 4.74 Å². The molecule has 0 saturated heterocycles. The molecule has 0 saturated carbocycles. The minimum atomic E-state index is -4.53. The van der Waals surface area contributed by atoms with Crippen molar-refractivity contribution in [3.8, 4) is 5.88 Å². The van der Waals surface area contributed by atoms with Crippen LogP contribution >= 0.6 is 0 Å². The van der Waals surface area contributed by atoms with E-state index in [0.29, 0.717) is 11.1 Å². The molecule has 23 heavy (non-hydrogen) atoms. The molecule has 0 aliphatic heterocycles. The van der Waals surface area contributed by atoms with E-state index in [1.54, 1.807) is 24.3 Å². The number of aromatic nitrogens is 1. The van der Waals surface area contributed by atoms with Gasteiger partial charge in [0.25, 0.3) is 0 Å². The lowest BCUT2D eigenvalue weighted by atomic mass is 10.1. The fraction of sp³-hybridized carbons (Fsp3) is 0.250. The number of hydrogen-bond donors (Lipinski definition) is 0. The summed E-state index contributed by atoms with van der Waals surface area (Å²) in [5, 5.41) is 0. The van der Waals surface area contributed by atoms with Gasteiger partial charge in [-0.1, -0.05) is 30.3 Å². The number of pyridine rings is 1. The van der Waals surface area contributed by atoms with Crippen molar-refractivity contribution in [1.82, 2.24) is 4.98 Å². The first-order valence-electron chi connectivity index (χ1n) is 6.71. The zero-order valence-corrected chi connectivity index (χ0v) is 12.3. The third-order valence-electron chi connectivity index (χ3n) is 3.07. The van der Waals surface area contributed by atoms with Gasteiger partial charge in [-0.25, -0.2) is 4.98 Å². The maximum Gasteiger partial charge on any atom is 0.433 e. The van der Waals surface area contributed by atoms with Crippen LogP contribution < -0.4 is 4.74 Å². The molecule has 0 radical (unpaired) electrons. The fourth-order valence-electron chi connectivity index (χ4n) is 1.90. The van der Waals surface area contributed by atoms with Crippen molar-refractivity contribution >= 4 is 5.97 Å². The van der Waals surface area contributed by atoms with E-state index < -0.39 is 17.8 Å². The van der Waals surface area contributed by atoms with Gasteiger partial charge in [0.05, 0.1) is 13.5 Å². The highest BCUT2D eigenvalue weighted by molar-refractivity contribution is 5.72. The number of nitrogens with zero attached hydrogens (tertiary/aromatic N) is 1. The largest absolute Gasteiger partial charge is 0.473 e. The lowest BCUT2D eigenvalue weighted by molar-refractivity contribution is -0.141. The molecule has 0 aliphatic rings. The van der Waals surface area contributed by atoms with E-state index in [2.05, 4.69) is 9.72 Å². The van der Waals surface area contributed by atoms with Gasteiger partial charge in [0.15, 0.2) is 0 Å². The van der Waals surface area contributed by atoms with Crippen LogP contribution in [0.1, 0.15) is 16.8 Å². The number of hydrogen-bond acceptors (Lipinski definition) is 4. The van der Waals surface area contributed by atoms with Crippen molar-refractivity contribution in [2.45, 2.75) is 19.2 Å². The van der Waals surface area contributed by atoms with Gasteiger partial charge in [-0.2, -0.15) is 13.2 Å². The van der Waals surface area contributed by atoms with Crippen molar-refractivity contribution in [2.24, 2.45) is 0 Å². The molecule has 7 heteroatoms.